The van der Waals surface area contributed by atoms with Crippen molar-refractivity contribution >= 4 is 0 Å². The van der Waals surface area contributed by atoms with Crippen LogP contribution in [-0.4, -0.2) is 0 Å². The highest BCUT2D eigenvalue weighted by molar-refractivity contribution is 5.04. The third-order valence-electron chi connectivity index (χ3n) is 1.13. The molecular formula is C6H15N3. The predicted molar refractivity (Wildman–Crippen MR) is 39.0 cm³/mol. The third-order valence-corrected chi connectivity index (χ3v) is 1.13. The molecule has 0 unspecified atom stereocenters. The number of hydrogen-bond donors (Lipinski definition) is 3. The van der Waals surface area contributed by atoms with Crippen LogP contribution >= 0.6 is 0 Å². The second kappa shape index (κ2) is 2.73. The fourth-order valence-corrected chi connectivity index (χ4v) is 0.515. The van der Waals surface area contributed by atoms with Crippen molar-refractivity contribution in [3.8, 4) is 0 Å². The van der Waals surface area contributed by atoms with Gasteiger partial charge in [0.1, 0.15) is 0 Å². The molecule has 0 fully saturated rings. The monoisotopic (exact) mass is 129 g/mol. The van der Waals surface area contributed by atoms with Crippen molar-refractivity contribution in [2.24, 2.45) is 17.0 Å². The molecule has 9 heavy (non-hydrogen) atoms. The van der Waals surface area contributed by atoms with E-state index in [1.54, 1.807) is 0 Å². The summed E-state index contributed by atoms with van der Waals surface area (Å²) in [6.45, 7) is 6.10. The molecule has 0 atom stereocenters. The summed E-state index contributed by atoms with van der Waals surface area (Å²) in [6, 6.07) is 0. The number of hydrazine groups is 1. The van der Waals surface area contributed by atoms with Crippen LogP contribution in [0.5, 0.6) is 0 Å². The van der Waals surface area contributed by atoms with E-state index in [1.165, 1.54) is 6.20 Å². The maximum Gasteiger partial charge on any atom is 0.0467 e. The standard InChI is InChI=1S/C6H15N3/c1-6(2,3)5(4-7)9-8/h4,9H,7-8H2,1-3H3/b5-4-. The summed E-state index contributed by atoms with van der Waals surface area (Å²) in [7, 11) is 0. The van der Waals surface area contributed by atoms with E-state index in [9.17, 15) is 0 Å². The zero-order chi connectivity index (χ0) is 7.49. The summed E-state index contributed by atoms with van der Waals surface area (Å²) in [5, 5.41) is 0. The van der Waals surface area contributed by atoms with Crippen LogP contribution in [0.4, 0.5) is 0 Å². The van der Waals surface area contributed by atoms with Crippen molar-refractivity contribution in [2.75, 3.05) is 0 Å². The van der Waals surface area contributed by atoms with Gasteiger partial charge in [-0.05, 0) is 0 Å². The first-order valence-corrected chi connectivity index (χ1v) is 2.91. The quantitative estimate of drug-likeness (QED) is 0.352. The van der Waals surface area contributed by atoms with Gasteiger partial charge in [0, 0.05) is 17.3 Å². The second-order valence-corrected chi connectivity index (χ2v) is 2.97. The molecule has 0 aliphatic carbocycles. The van der Waals surface area contributed by atoms with Gasteiger partial charge < -0.3 is 11.2 Å². The minimum absolute atomic E-state index is 0.0174. The number of nitrogens with one attached hydrogen (secondary N) is 1. The fraction of sp³-hybridized carbons (Fsp3) is 0.667. The molecule has 0 radical (unpaired) electrons. The van der Waals surface area contributed by atoms with Crippen LogP contribution in [-0.2, 0) is 0 Å². The Morgan fingerprint density at radius 1 is 1.44 bits per heavy atom. The third kappa shape index (κ3) is 2.37. The molecule has 0 aliphatic rings. The molecule has 0 aliphatic heterocycles. The largest absolute Gasteiger partial charge is 0.403 e. The van der Waals surface area contributed by atoms with Crippen LogP contribution in [0.1, 0.15) is 20.8 Å². The zero-order valence-electron chi connectivity index (χ0n) is 6.23. The Labute approximate surface area is 56.1 Å². The maximum atomic E-state index is 5.26. The summed E-state index contributed by atoms with van der Waals surface area (Å²) in [5.74, 6) is 5.17. The Kier molecular flexibility index (Phi) is 2.52. The molecule has 0 aromatic carbocycles. The van der Waals surface area contributed by atoms with E-state index in [4.69, 9.17) is 11.6 Å². The fourth-order valence-electron chi connectivity index (χ4n) is 0.515. The van der Waals surface area contributed by atoms with Crippen LogP contribution < -0.4 is 17.0 Å². The molecule has 0 aromatic rings. The van der Waals surface area contributed by atoms with Gasteiger partial charge in [-0.1, -0.05) is 20.8 Å². The van der Waals surface area contributed by atoms with E-state index in [-0.39, 0.29) is 5.41 Å². The lowest BCUT2D eigenvalue weighted by Crippen LogP contribution is -2.30. The van der Waals surface area contributed by atoms with Crippen molar-refractivity contribution in [1.29, 1.82) is 0 Å². The van der Waals surface area contributed by atoms with E-state index in [0.717, 1.165) is 5.70 Å². The summed E-state index contributed by atoms with van der Waals surface area (Å²) in [6.07, 6.45) is 1.49. The first-order chi connectivity index (χ1) is 4.02. The molecule has 0 rings (SSSR count). The van der Waals surface area contributed by atoms with Gasteiger partial charge in [0.25, 0.3) is 0 Å². The highest BCUT2D eigenvalue weighted by Gasteiger charge is 2.14. The molecule has 0 heterocycles. The second-order valence-electron chi connectivity index (χ2n) is 2.97. The van der Waals surface area contributed by atoms with Gasteiger partial charge in [-0.25, -0.2) is 0 Å². The van der Waals surface area contributed by atoms with E-state index in [1.807, 2.05) is 20.8 Å². The highest BCUT2D eigenvalue weighted by atomic mass is 15.2. The molecule has 0 aromatic heterocycles. The Balaban J connectivity index is 4.14. The Bertz CT molecular complexity index is 110. The summed E-state index contributed by atoms with van der Waals surface area (Å²) in [5.41, 5.74) is 8.66. The molecule has 0 amide bonds. The smallest absolute Gasteiger partial charge is 0.0467 e. The number of rotatable bonds is 1. The number of allylic oxidation sites excluding steroid dienone is 1. The first kappa shape index (κ1) is 8.30. The zero-order valence-corrected chi connectivity index (χ0v) is 6.23. The van der Waals surface area contributed by atoms with Crippen molar-refractivity contribution in [2.45, 2.75) is 20.8 Å². The molecule has 0 saturated carbocycles. The van der Waals surface area contributed by atoms with Crippen molar-refractivity contribution < 1.29 is 0 Å². The minimum atomic E-state index is 0.0174. The summed E-state index contributed by atoms with van der Waals surface area (Å²) < 4.78 is 0. The molecular weight excluding hydrogens is 114 g/mol. The first-order valence-electron chi connectivity index (χ1n) is 2.91. The van der Waals surface area contributed by atoms with E-state index >= 15 is 0 Å². The minimum Gasteiger partial charge on any atom is -0.403 e. The van der Waals surface area contributed by atoms with Crippen LogP contribution in [0.15, 0.2) is 11.9 Å². The van der Waals surface area contributed by atoms with Gasteiger partial charge in [0.2, 0.25) is 0 Å². The van der Waals surface area contributed by atoms with Gasteiger partial charge >= 0.3 is 0 Å². The highest BCUT2D eigenvalue weighted by Crippen LogP contribution is 2.20. The molecule has 54 valence electrons. The van der Waals surface area contributed by atoms with E-state index in [0.29, 0.717) is 0 Å². The Morgan fingerprint density at radius 3 is 1.89 bits per heavy atom. The molecule has 0 saturated heterocycles. The average molecular weight is 129 g/mol. The topological polar surface area (TPSA) is 64.1 Å². The molecule has 0 spiro atoms. The Morgan fingerprint density at radius 2 is 1.89 bits per heavy atom. The number of nitrogens with two attached hydrogens (primary N) is 2. The van der Waals surface area contributed by atoms with E-state index < -0.39 is 0 Å². The lowest BCUT2D eigenvalue weighted by Gasteiger charge is -2.21. The SMILES string of the molecule is CC(C)(C)/C(=C/N)NN. The van der Waals surface area contributed by atoms with Gasteiger partial charge in [0.05, 0.1) is 0 Å². The molecule has 3 heteroatoms. The van der Waals surface area contributed by atoms with Crippen molar-refractivity contribution in [3.05, 3.63) is 11.9 Å². The van der Waals surface area contributed by atoms with Crippen LogP contribution in [0, 0.1) is 5.41 Å². The van der Waals surface area contributed by atoms with Crippen molar-refractivity contribution in [3.63, 3.8) is 0 Å². The Hall–Kier alpha value is -0.700. The van der Waals surface area contributed by atoms with Gasteiger partial charge in [-0.2, -0.15) is 0 Å². The average Bonchev–Trinajstić information content (AvgIpc) is 1.65. The molecule has 3 nitrogen and oxygen atoms in total. The summed E-state index contributed by atoms with van der Waals surface area (Å²) >= 11 is 0. The molecule has 0 bridgehead atoms. The van der Waals surface area contributed by atoms with Crippen LogP contribution in [0.25, 0.3) is 0 Å². The number of hydrogen-bond acceptors (Lipinski definition) is 3. The van der Waals surface area contributed by atoms with Gasteiger partial charge in [0.15, 0.2) is 0 Å². The summed E-state index contributed by atoms with van der Waals surface area (Å²) in [4.78, 5) is 0. The normalized spacial score (nSPS) is 13.6. The van der Waals surface area contributed by atoms with Crippen LogP contribution in [0.2, 0.25) is 0 Å². The van der Waals surface area contributed by atoms with E-state index in [2.05, 4.69) is 5.43 Å². The van der Waals surface area contributed by atoms with Crippen molar-refractivity contribution in [1.82, 2.24) is 5.43 Å². The lowest BCUT2D eigenvalue weighted by molar-refractivity contribution is 0.462. The van der Waals surface area contributed by atoms with Gasteiger partial charge in [-0.15, -0.1) is 0 Å². The lowest BCUT2D eigenvalue weighted by atomic mass is 9.93. The predicted octanol–water partition coefficient (Wildman–Crippen LogP) is 0.296. The maximum absolute atomic E-state index is 5.26. The molecule has 5 N–H and O–H groups in total. The van der Waals surface area contributed by atoms with Gasteiger partial charge in [-0.3, -0.25) is 5.84 Å². The van der Waals surface area contributed by atoms with Crippen LogP contribution in [0.3, 0.4) is 0 Å².